The van der Waals surface area contributed by atoms with Crippen LogP contribution in [0.3, 0.4) is 0 Å². The molecule has 6 nitrogen and oxygen atoms in total. The summed E-state index contributed by atoms with van der Waals surface area (Å²) in [4.78, 5) is 12.1. The minimum atomic E-state index is -0.280. The second kappa shape index (κ2) is 6.16. The van der Waals surface area contributed by atoms with Crippen LogP contribution in [0.5, 0.6) is 0 Å². The monoisotopic (exact) mass is 269 g/mol. The lowest BCUT2D eigenvalue weighted by atomic mass is 9.85. The summed E-state index contributed by atoms with van der Waals surface area (Å²) in [6, 6.07) is -0.0267. The van der Waals surface area contributed by atoms with Gasteiger partial charge in [-0.2, -0.15) is 0 Å². The molecule has 108 valence electrons. The molecule has 0 saturated heterocycles. The first-order chi connectivity index (χ1) is 8.83. The third kappa shape index (κ3) is 3.54. The molecule has 1 atom stereocenters. The molecule has 0 aliphatic rings. The van der Waals surface area contributed by atoms with Gasteiger partial charge in [-0.05, 0) is 26.3 Å². The number of nitrogens with zero attached hydrogens (tertiary/aromatic N) is 1. The molecule has 0 spiro atoms. The van der Waals surface area contributed by atoms with Crippen LogP contribution in [0.1, 0.15) is 42.6 Å². The van der Waals surface area contributed by atoms with E-state index in [1.54, 1.807) is 6.92 Å². The SMILES string of the molecule is CNCC(C)(C)C(C)NC(=O)c1noc(CO)c1C. The second-order valence-corrected chi connectivity index (χ2v) is 5.45. The number of aromatic nitrogens is 1. The van der Waals surface area contributed by atoms with Crippen molar-refractivity contribution in [3.63, 3.8) is 0 Å². The average Bonchev–Trinajstić information content (AvgIpc) is 2.70. The molecule has 1 rings (SSSR count). The van der Waals surface area contributed by atoms with E-state index in [2.05, 4.69) is 29.6 Å². The van der Waals surface area contributed by atoms with Crippen molar-refractivity contribution in [1.29, 1.82) is 0 Å². The summed E-state index contributed by atoms with van der Waals surface area (Å²) in [6.45, 7) is 8.34. The Hall–Kier alpha value is -1.40. The van der Waals surface area contributed by atoms with Crippen LogP contribution in [0.25, 0.3) is 0 Å². The molecule has 1 aromatic rings. The quantitative estimate of drug-likeness (QED) is 0.712. The normalized spacial score (nSPS) is 13.4. The van der Waals surface area contributed by atoms with E-state index in [0.29, 0.717) is 11.3 Å². The largest absolute Gasteiger partial charge is 0.388 e. The predicted molar refractivity (Wildman–Crippen MR) is 71.8 cm³/mol. The van der Waals surface area contributed by atoms with Gasteiger partial charge in [0, 0.05) is 18.2 Å². The summed E-state index contributed by atoms with van der Waals surface area (Å²) in [5, 5.41) is 18.8. The van der Waals surface area contributed by atoms with Crippen LogP contribution >= 0.6 is 0 Å². The lowest BCUT2D eigenvalue weighted by molar-refractivity contribution is 0.0893. The third-order valence-corrected chi connectivity index (χ3v) is 3.53. The number of hydrogen-bond donors (Lipinski definition) is 3. The number of amides is 1. The first kappa shape index (κ1) is 15.7. The summed E-state index contributed by atoms with van der Waals surface area (Å²) < 4.78 is 4.91. The van der Waals surface area contributed by atoms with Gasteiger partial charge in [-0.3, -0.25) is 4.79 Å². The van der Waals surface area contributed by atoms with Gasteiger partial charge in [0.25, 0.3) is 5.91 Å². The topological polar surface area (TPSA) is 87.4 Å². The highest BCUT2D eigenvalue weighted by atomic mass is 16.5. The highest BCUT2D eigenvalue weighted by molar-refractivity contribution is 5.93. The molecule has 0 aromatic carbocycles. The summed E-state index contributed by atoms with van der Waals surface area (Å²) in [6.07, 6.45) is 0. The molecule has 3 N–H and O–H groups in total. The highest BCUT2D eigenvalue weighted by Crippen LogP contribution is 2.20. The third-order valence-electron chi connectivity index (χ3n) is 3.53. The maximum atomic E-state index is 12.1. The fourth-order valence-electron chi connectivity index (χ4n) is 1.80. The van der Waals surface area contributed by atoms with Gasteiger partial charge in [0.05, 0.1) is 0 Å². The Labute approximate surface area is 113 Å². The summed E-state index contributed by atoms with van der Waals surface area (Å²) in [5.74, 6) is 0.0462. The molecule has 19 heavy (non-hydrogen) atoms. The molecule has 0 fully saturated rings. The van der Waals surface area contributed by atoms with Crippen molar-refractivity contribution in [1.82, 2.24) is 15.8 Å². The van der Waals surface area contributed by atoms with Crippen LogP contribution < -0.4 is 10.6 Å². The molecule has 6 heteroatoms. The van der Waals surface area contributed by atoms with Crippen LogP contribution in [0.2, 0.25) is 0 Å². The summed E-state index contributed by atoms with van der Waals surface area (Å²) in [7, 11) is 1.88. The molecule has 1 heterocycles. The Kier molecular flexibility index (Phi) is 5.08. The lowest BCUT2D eigenvalue weighted by Crippen LogP contribution is -2.47. The lowest BCUT2D eigenvalue weighted by Gasteiger charge is -2.32. The Bertz CT molecular complexity index is 440. The van der Waals surface area contributed by atoms with E-state index in [-0.39, 0.29) is 29.7 Å². The van der Waals surface area contributed by atoms with Gasteiger partial charge in [-0.25, -0.2) is 0 Å². The number of aliphatic hydroxyl groups is 1. The van der Waals surface area contributed by atoms with E-state index < -0.39 is 0 Å². The molecule has 0 saturated carbocycles. The molecular weight excluding hydrogens is 246 g/mol. The van der Waals surface area contributed by atoms with E-state index in [1.165, 1.54) is 0 Å². The first-order valence-electron chi connectivity index (χ1n) is 6.35. The van der Waals surface area contributed by atoms with E-state index in [0.717, 1.165) is 6.54 Å². The zero-order valence-electron chi connectivity index (χ0n) is 12.2. The molecule has 1 amide bonds. The Balaban J connectivity index is 2.77. The van der Waals surface area contributed by atoms with Crippen LogP contribution in [0.15, 0.2) is 4.52 Å². The van der Waals surface area contributed by atoms with Gasteiger partial charge in [-0.15, -0.1) is 0 Å². The van der Waals surface area contributed by atoms with Crippen molar-refractivity contribution in [3.05, 3.63) is 17.0 Å². The van der Waals surface area contributed by atoms with Crippen molar-refractivity contribution in [3.8, 4) is 0 Å². The molecule has 0 aliphatic carbocycles. The minimum Gasteiger partial charge on any atom is -0.388 e. The fourth-order valence-corrected chi connectivity index (χ4v) is 1.80. The molecule has 1 unspecified atom stereocenters. The van der Waals surface area contributed by atoms with E-state index in [1.807, 2.05) is 14.0 Å². The minimum absolute atomic E-state index is 0.0267. The van der Waals surface area contributed by atoms with Crippen molar-refractivity contribution in [2.24, 2.45) is 5.41 Å². The molecule has 0 bridgehead atoms. The Morgan fingerprint density at radius 1 is 1.53 bits per heavy atom. The van der Waals surface area contributed by atoms with Gasteiger partial charge >= 0.3 is 0 Å². The number of nitrogens with one attached hydrogen (secondary N) is 2. The van der Waals surface area contributed by atoms with E-state index in [9.17, 15) is 4.79 Å². The Morgan fingerprint density at radius 2 is 2.16 bits per heavy atom. The number of aliphatic hydroxyl groups excluding tert-OH is 1. The zero-order valence-corrected chi connectivity index (χ0v) is 12.2. The number of rotatable bonds is 6. The maximum Gasteiger partial charge on any atom is 0.273 e. The van der Waals surface area contributed by atoms with Gasteiger partial charge in [-0.1, -0.05) is 19.0 Å². The zero-order chi connectivity index (χ0) is 14.6. The smallest absolute Gasteiger partial charge is 0.273 e. The van der Waals surface area contributed by atoms with Crippen LogP contribution in [0, 0.1) is 12.3 Å². The maximum absolute atomic E-state index is 12.1. The molecule has 0 radical (unpaired) electrons. The van der Waals surface area contributed by atoms with Crippen molar-refractivity contribution < 1.29 is 14.4 Å². The predicted octanol–water partition coefficient (Wildman–Crippen LogP) is 0.839. The highest BCUT2D eigenvalue weighted by Gasteiger charge is 2.28. The van der Waals surface area contributed by atoms with Gasteiger partial charge in [0.2, 0.25) is 0 Å². The van der Waals surface area contributed by atoms with Crippen molar-refractivity contribution >= 4 is 5.91 Å². The van der Waals surface area contributed by atoms with Crippen molar-refractivity contribution in [2.45, 2.75) is 40.3 Å². The van der Waals surface area contributed by atoms with Gasteiger partial charge in [0.15, 0.2) is 11.5 Å². The van der Waals surface area contributed by atoms with Crippen LogP contribution in [-0.2, 0) is 6.61 Å². The molecular formula is C13H23N3O3. The summed E-state index contributed by atoms with van der Waals surface area (Å²) in [5.41, 5.74) is 0.733. The molecule has 1 aromatic heterocycles. The van der Waals surface area contributed by atoms with Crippen LogP contribution in [0.4, 0.5) is 0 Å². The van der Waals surface area contributed by atoms with E-state index >= 15 is 0 Å². The number of carbonyl (C=O) groups excluding carboxylic acids is 1. The van der Waals surface area contributed by atoms with Gasteiger partial charge < -0.3 is 20.3 Å². The van der Waals surface area contributed by atoms with Crippen LogP contribution in [-0.4, -0.2) is 35.8 Å². The second-order valence-electron chi connectivity index (χ2n) is 5.45. The molecule has 0 aliphatic heterocycles. The first-order valence-corrected chi connectivity index (χ1v) is 6.35. The Morgan fingerprint density at radius 3 is 2.63 bits per heavy atom. The fraction of sp³-hybridized carbons (Fsp3) is 0.692. The van der Waals surface area contributed by atoms with Crippen molar-refractivity contribution in [2.75, 3.05) is 13.6 Å². The summed E-state index contributed by atoms with van der Waals surface area (Å²) >= 11 is 0. The van der Waals surface area contributed by atoms with Gasteiger partial charge in [0.1, 0.15) is 6.61 Å². The standard InChI is InChI=1S/C13H23N3O3/c1-8-10(6-17)19-16-11(8)12(18)15-9(2)13(3,4)7-14-5/h9,14,17H,6-7H2,1-5H3,(H,15,18). The average molecular weight is 269 g/mol. The number of hydrogen-bond acceptors (Lipinski definition) is 5. The number of carbonyl (C=O) groups is 1. The van der Waals surface area contributed by atoms with E-state index in [4.69, 9.17) is 9.63 Å².